The van der Waals surface area contributed by atoms with Crippen molar-refractivity contribution in [3.63, 3.8) is 0 Å². The highest BCUT2D eigenvalue weighted by Crippen LogP contribution is 2.35. The third kappa shape index (κ3) is 3.53. The molecule has 21 heavy (non-hydrogen) atoms. The van der Waals surface area contributed by atoms with E-state index in [2.05, 4.69) is 0 Å². The SMILES string of the molecule is Cc1ccc(/C=C/C(=O)N2CCCC(C)(C)C2C(=O)O)s1. The minimum Gasteiger partial charge on any atom is -0.480 e. The van der Waals surface area contributed by atoms with Gasteiger partial charge >= 0.3 is 5.97 Å². The van der Waals surface area contributed by atoms with E-state index < -0.39 is 17.4 Å². The van der Waals surface area contributed by atoms with Crippen LogP contribution in [0.25, 0.3) is 6.08 Å². The lowest BCUT2D eigenvalue weighted by Crippen LogP contribution is -2.55. The van der Waals surface area contributed by atoms with Gasteiger partial charge in [0.15, 0.2) is 0 Å². The molecule has 2 heterocycles. The molecule has 5 heteroatoms. The molecule has 1 amide bonds. The molecule has 2 rings (SSSR count). The number of carbonyl (C=O) groups excluding carboxylic acids is 1. The predicted octanol–water partition coefficient (Wildman–Crippen LogP) is 3.17. The molecule has 1 fully saturated rings. The maximum absolute atomic E-state index is 12.4. The van der Waals surface area contributed by atoms with Gasteiger partial charge in [-0.2, -0.15) is 0 Å². The molecule has 1 N–H and O–H groups in total. The lowest BCUT2D eigenvalue weighted by Gasteiger charge is -2.43. The van der Waals surface area contributed by atoms with Gasteiger partial charge in [-0.1, -0.05) is 13.8 Å². The second kappa shape index (κ2) is 6.02. The summed E-state index contributed by atoms with van der Waals surface area (Å²) in [4.78, 5) is 27.6. The van der Waals surface area contributed by atoms with Gasteiger partial charge in [0, 0.05) is 22.4 Å². The summed E-state index contributed by atoms with van der Waals surface area (Å²) in [6, 6.07) is 3.20. The molecule has 0 radical (unpaired) electrons. The van der Waals surface area contributed by atoms with E-state index in [1.54, 1.807) is 17.4 Å². The van der Waals surface area contributed by atoms with E-state index in [0.29, 0.717) is 6.54 Å². The van der Waals surface area contributed by atoms with Gasteiger partial charge in [0.2, 0.25) is 5.91 Å². The third-order valence-electron chi connectivity index (χ3n) is 3.94. The minimum absolute atomic E-state index is 0.221. The number of hydrogen-bond acceptors (Lipinski definition) is 3. The Labute approximate surface area is 129 Å². The van der Waals surface area contributed by atoms with Crippen molar-refractivity contribution in [2.45, 2.75) is 39.7 Å². The van der Waals surface area contributed by atoms with E-state index in [1.807, 2.05) is 32.9 Å². The maximum atomic E-state index is 12.4. The van der Waals surface area contributed by atoms with E-state index in [0.717, 1.165) is 17.7 Å². The van der Waals surface area contributed by atoms with Gasteiger partial charge < -0.3 is 10.0 Å². The number of carbonyl (C=O) groups is 2. The van der Waals surface area contributed by atoms with E-state index in [1.165, 1.54) is 15.9 Å². The number of amides is 1. The summed E-state index contributed by atoms with van der Waals surface area (Å²) in [5.41, 5.74) is -0.396. The Kier molecular flexibility index (Phi) is 4.52. The van der Waals surface area contributed by atoms with E-state index >= 15 is 0 Å². The number of hydrogen-bond donors (Lipinski definition) is 1. The quantitative estimate of drug-likeness (QED) is 0.873. The monoisotopic (exact) mass is 307 g/mol. The Bertz CT molecular complexity index is 574. The fourth-order valence-electron chi connectivity index (χ4n) is 2.89. The minimum atomic E-state index is -0.923. The average Bonchev–Trinajstić information content (AvgIpc) is 2.79. The fraction of sp³-hybridized carbons (Fsp3) is 0.500. The van der Waals surface area contributed by atoms with Crippen molar-refractivity contribution in [1.29, 1.82) is 0 Å². The molecular weight excluding hydrogens is 286 g/mol. The zero-order valence-corrected chi connectivity index (χ0v) is 13.4. The number of carboxylic acid groups (broad SMARTS) is 1. The largest absolute Gasteiger partial charge is 0.480 e. The maximum Gasteiger partial charge on any atom is 0.326 e. The van der Waals surface area contributed by atoms with Crippen LogP contribution in [0, 0.1) is 12.3 Å². The van der Waals surface area contributed by atoms with Crippen molar-refractivity contribution in [3.05, 3.63) is 28.0 Å². The van der Waals surface area contributed by atoms with Crippen LogP contribution in [0.2, 0.25) is 0 Å². The second-order valence-electron chi connectivity index (χ2n) is 6.15. The van der Waals surface area contributed by atoms with Crippen LogP contribution in [0.4, 0.5) is 0 Å². The molecule has 1 aromatic rings. The Hall–Kier alpha value is -1.62. The normalized spacial score (nSPS) is 21.7. The van der Waals surface area contributed by atoms with E-state index in [9.17, 15) is 14.7 Å². The van der Waals surface area contributed by atoms with Gasteiger partial charge in [0.1, 0.15) is 6.04 Å². The zero-order valence-electron chi connectivity index (χ0n) is 12.6. The van der Waals surface area contributed by atoms with E-state index in [-0.39, 0.29) is 5.91 Å². The number of aliphatic carboxylic acids is 1. The second-order valence-corrected chi connectivity index (χ2v) is 7.47. The van der Waals surface area contributed by atoms with E-state index in [4.69, 9.17) is 0 Å². The highest BCUT2D eigenvalue weighted by atomic mass is 32.1. The van der Waals surface area contributed by atoms with Crippen LogP contribution >= 0.6 is 11.3 Å². The first-order chi connectivity index (χ1) is 9.81. The van der Waals surface area contributed by atoms with Crippen molar-refractivity contribution >= 4 is 29.3 Å². The van der Waals surface area contributed by atoms with Crippen molar-refractivity contribution in [2.24, 2.45) is 5.41 Å². The number of thiophene rings is 1. The number of aryl methyl sites for hydroxylation is 1. The highest BCUT2D eigenvalue weighted by Gasteiger charge is 2.43. The van der Waals surface area contributed by atoms with Gasteiger partial charge in [-0.25, -0.2) is 4.79 Å². The summed E-state index contributed by atoms with van der Waals surface area (Å²) in [7, 11) is 0. The molecule has 4 nitrogen and oxygen atoms in total. The molecule has 1 aliphatic rings. The van der Waals surface area contributed by atoms with Crippen LogP contribution in [-0.2, 0) is 9.59 Å². The summed E-state index contributed by atoms with van der Waals surface area (Å²) in [6.07, 6.45) is 4.92. The van der Waals surface area contributed by atoms with Gasteiger partial charge in [0.05, 0.1) is 0 Å². The molecule has 1 aromatic heterocycles. The predicted molar refractivity (Wildman–Crippen MR) is 84.2 cm³/mol. The molecular formula is C16H21NO3S. The zero-order chi connectivity index (χ0) is 15.6. The molecule has 1 aliphatic heterocycles. The van der Waals surface area contributed by atoms with Gasteiger partial charge in [0.25, 0.3) is 0 Å². The first-order valence-corrected chi connectivity index (χ1v) is 7.91. The van der Waals surface area contributed by atoms with Gasteiger partial charge in [-0.3, -0.25) is 4.79 Å². The number of rotatable bonds is 3. The Morgan fingerprint density at radius 3 is 2.71 bits per heavy atom. The lowest BCUT2D eigenvalue weighted by atomic mass is 9.76. The smallest absolute Gasteiger partial charge is 0.326 e. The first-order valence-electron chi connectivity index (χ1n) is 7.09. The standard InChI is InChI=1S/C16H21NO3S/c1-11-5-6-12(21-11)7-8-13(18)17-10-4-9-16(2,3)14(17)15(19)20/h5-8,14H,4,9-10H2,1-3H3,(H,19,20)/b8-7+. The Morgan fingerprint density at radius 1 is 1.43 bits per heavy atom. The fourth-order valence-corrected chi connectivity index (χ4v) is 3.67. The average molecular weight is 307 g/mol. The molecule has 0 saturated carbocycles. The molecule has 0 spiro atoms. The number of carboxylic acids is 1. The van der Waals surface area contributed by atoms with Crippen LogP contribution in [0.15, 0.2) is 18.2 Å². The first kappa shape index (κ1) is 15.8. The van der Waals surface area contributed by atoms with Crippen molar-refractivity contribution < 1.29 is 14.7 Å². The molecule has 0 aromatic carbocycles. The summed E-state index contributed by atoms with van der Waals surface area (Å²) in [5.74, 6) is -1.14. The molecule has 114 valence electrons. The highest BCUT2D eigenvalue weighted by molar-refractivity contribution is 7.12. The molecule has 0 bridgehead atoms. The Balaban J connectivity index is 2.16. The number of piperidine rings is 1. The topological polar surface area (TPSA) is 57.6 Å². The van der Waals surface area contributed by atoms with Crippen LogP contribution in [0.1, 0.15) is 36.4 Å². The van der Waals surface area contributed by atoms with Crippen LogP contribution < -0.4 is 0 Å². The van der Waals surface area contributed by atoms with Crippen LogP contribution in [0.3, 0.4) is 0 Å². The molecule has 0 aliphatic carbocycles. The molecule has 1 atom stereocenters. The van der Waals surface area contributed by atoms with Gasteiger partial charge in [-0.15, -0.1) is 11.3 Å². The number of likely N-dealkylation sites (tertiary alicyclic amines) is 1. The van der Waals surface area contributed by atoms with Crippen molar-refractivity contribution in [1.82, 2.24) is 4.90 Å². The van der Waals surface area contributed by atoms with Gasteiger partial charge in [-0.05, 0) is 43.4 Å². The van der Waals surface area contributed by atoms with Crippen molar-refractivity contribution in [3.8, 4) is 0 Å². The lowest BCUT2D eigenvalue weighted by molar-refractivity contribution is -0.156. The van der Waals surface area contributed by atoms with Crippen LogP contribution in [0.5, 0.6) is 0 Å². The summed E-state index contributed by atoms with van der Waals surface area (Å²) < 4.78 is 0. The summed E-state index contributed by atoms with van der Waals surface area (Å²) >= 11 is 1.61. The summed E-state index contributed by atoms with van der Waals surface area (Å²) in [6.45, 7) is 6.35. The van der Waals surface area contributed by atoms with Crippen LogP contribution in [-0.4, -0.2) is 34.5 Å². The molecule has 1 unspecified atom stereocenters. The third-order valence-corrected chi connectivity index (χ3v) is 4.91. The summed E-state index contributed by atoms with van der Waals surface area (Å²) in [5, 5.41) is 9.47. The number of nitrogens with zero attached hydrogens (tertiary/aromatic N) is 1. The Morgan fingerprint density at radius 2 is 2.14 bits per heavy atom. The van der Waals surface area contributed by atoms with Crippen molar-refractivity contribution in [2.75, 3.05) is 6.54 Å². The molecule has 1 saturated heterocycles.